The van der Waals surface area contributed by atoms with Crippen molar-refractivity contribution in [1.29, 1.82) is 0 Å². The van der Waals surface area contributed by atoms with Crippen LogP contribution in [0.4, 0.5) is 4.39 Å². The van der Waals surface area contributed by atoms with Crippen LogP contribution in [-0.2, 0) is 6.61 Å². The van der Waals surface area contributed by atoms with Crippen molar-refractivity contribution >= 4 is 0 Å². The van der Waals surface area contributed by atoms with E-state index in [-0.39, 0.29) is 19.0 Å². The molecule has 0 atom stereocenters. The summed E-state index contributed by atoms with van der Waals surface area (Å²) in [7, 11) is 0. The SMILES string of the molecule is C=C(C)COc1c(F)cccc1CO. The molecule has 0 amide bonds. The Morgan fingerprint density at radius 3 is 2.86 bits per heavy atom. The van der Waals surface area contributed by atoms with Gasteiger partial charge >= 0.3 is 0 Å². The fraction of sp³-hybridized carbons (Fsp3) is 0.273. The van der Waals surface area contributed by atoms with Gasteiger partial charge in [0.1, 0.15) is 6.61 Å². The predicted molar refractivity (Wildman–Crippen MR) is 52.6 cm³/mol. The first-order valence-electron chi connectivity index (χ1n) is 4.30. The van der Waals surface area contributed by atoms with Crippen molar-refractivity contribution in [2.24, 2.45) is 0 Å². The highest BCUT2D eigenvalue weighted by Gasteiger charge is 2.08. The van der Waals surface area contributed by atoms with E-state index in [1.165, 1.54) is 12.1 Å². The Hall–Kier alpha value is -1.35. The van der Waals surface area contributed by atoms with E-state index in [0.29, 0.717) is 5.56 Å². The summed E-state index contributed by atoms with van der Waals surface area (Å²) in [6, 6.07) is 4.46. The maximum absolute atomic E-state index is 13.2. The van der Waals surface area contributed by atoms with E-state index in [2.05, 4.69) is 6.58 Å². The van der Waals surface area contributed by atoms with E-state index in [4.69, 9.17) is 9.84 Å². The van der Waals surface area contributed by atoms with Gasteiger partial charge in [0, 0.05) is 5.56 Å². The molecular formula is C11H13FO2. The van der Waals surface area contributed by atoms with Gasteiger partial charge in [0.25, 0.3) is 0 Å². The first-order valence-corrected chi connectivity index (χ1v) is 4.30. The second kappa shape index (κ2) is 4.77. The van der Waals surface area contributed by atoms with Crippen LogP contribution in [0.15, 0.2) is 30.4 Å². The summed E-state index contributed by atoms with van der Waals surface area (Å²) in [4.78, 5) is 0. The molecule has 1 aromatic rings. The van der Waals surface area contributed by atoms with Gasteiger partial charge in [-0.05, 0) is 18.6 Å². The molecule has 0 aliphatic rings. The minimum Gasteiger partial charge on any atom is -0.486 e. The molecule has 1 aromatic carbocycles. The summed E-state index contributed by atoms with van der Waals surface area (Å²) in [6.45, 7) is 5.46. The Morgan fingerprint density at radius 1 is 1.57 bits per heavy atom. The van der Waals surface area contributed by atoms with Crippen molar-refractivity contribution in [3.05, 3.63) is 41.7 Å². The zero-order chi connectivity index (χ0) is 10.6. The molecule has 1 rings (SSSR count). The van der Waals surface area contributed by atoms with Crippen LogP contribution in [-0.4, -0.2) is 11.7 Å². The first-order chi connectivity index (χ1) is 6.65. The molecule has 14 heavy (non-hydrogen) atoms. The minimum atomic E-state index is -0.460. The van der Waals surface area contributed by atoms with Crippen LogP contribution in [0.25, 0.3) is 0 Å². The highest BCUT2D eigenvalue weighted by Crippen LogP contribution is 2.22. The van der Waals surface area contributed by atoms with Gasteiger partial charge in [0.2, 0.25) is 0 Å². The van der Waals surface area contributed by atoms with Gasteiger partial charge in [-0.3, -0.25) is 0 Å². The number of benzene rings is 1. The zero-order valence-corrected chi connectivity index (χ0v) is 8.09. The van der Waals surface area contributed by atoms with Crippen LogP contribution in [0, 0.1) is 5.82 Å². The van der Waals surface area contributed by atoms with E-state index >= 15 is 0 Å². The summed E-state index contributed by atoms with van der Waals surface area (Å²) in [5.41, 5.74) is 1.25. The van der Waals surface area contributed by atoms with Gasteiger partial charge < -0.3 is 9.84 Å². The van der Waals surface area contributed by atoms with Crippen LogP contribution in [0.5, 0.6) is 5.75 Å². The van der Waals surface area contributed by atoms with E-state index in [9.17, 15) is 4.39 Å². The third-order valence-electron chi connectivity index (χ3n) is 1.68. The lowest BCUT2D eigenvalue weighted by Gasteiger charge is -2.10. The smallest absolute Gasteiger partial charge is 0.165 e. The Labute approximate surface area is 82.6 Å². The van der Waals surface area contributed by atoms with Crippen molar-refractivity contribution in [3.63, 3.8) is 0 Å². The quantitative estimate of drug-likeness (QED) is 0.748. The van der Waals surface area contributed by atoms with Gasteiger partial charge in [-0.15, -0.1) is 0 Å². The van der Waals surface area contributed by atoms with Gasteiger partial charge in [-0.2, -0.15) is 0 Å². The maximum atomic E-state index is 13.2. The topological polar surface area (TPSA) is 29.5 Å². The fourth-order valence-corrected chi connectivity index (χ4v) is 1.04. The Balaban J connectivity index is 2.87. The standard InChI is InChI=1S/C11H13FO2/c1-8(2)7-14-11-9(6-13)4-3-5-10(11)12/h3-5,13H,1,6-7H2,2H3. The van der Waals surface area contributed by atoms with Crippen LogP contribution >= 0.6 is 0 Å². The molecule has 3 heteroatoms. The molecule has 0 heterocycles. The molecule has 0 unspecified atom stereocenters. The summed E-state index contributed by atoms with van der Waals surface area (Å²) < 4.78 is 18.4. The lowest BCUT2D eigenvalue weighted by molar-refractivity contribution is 0.264. The molecule has 0 bridgehead atoms. The molecular weight excluding hydrogens is 183 g/mol. The van der Waals surface area contributed by atoms with Gasteiger partial charge in [0.05, 0.1) is 6.61 Å². The third-order valence-corrected chi connectivity index (χ3v) is 1.68. The van der Waals surface area contributed by atoms with Crippen LogP contribution in [0.2, 0.25) is 0 Å². The Morgan fingerprint density at radius 2 is 2.29 bits per heavy atom. The second-order valence-electron chi connectivity index (χ2n) is 3.13. The maximum Gasteiger partial charge on any atom is 0.165 e. The Kier molecular flexibility index (Phi) is 3.65. The van der Waals surface area contributed by atoms with Gasteiger partial charge in [-0.1, -0.05) is 18.7 Å². The fourth-order valence-electron chi connectivity index (χ4n) is 1.04. The average molecular weight is 196 g/mol. The van der Waals surface area contributed by atoms with Crippen LogP contribution < -0.4 is 4.74 Å². The number of aliphatic hydroxyl groups excluding tert-OH is 1. The molecule has 0 aromatic heterocycles. The molecule has 0 radical (unpaired) electrons. The number of ether oxygens (including phenoxy) is 1. The molecule has 0 saturated heterocycles. The minimum absolute atomic E-state index is 0.109. The number of halogens is 1. The Bertz CT molecular complexity index is 334. The summed E-state index contributed by atoms with van der Waals surface area (Å²) >= 11 is 0. The predicted octanol–water partition coefficient (Wildman–Crippen LogP) is 2.27. The van der Waals surface area contributed by atoms with Crippen molar-refractivity contribution in [1.82, 2.24) is 0 Å². The lowest BCUT2D eigenvalue weighted by Crippen LogP contribution is -2.02. The van der Waals surface area contributed by atoms with Crippen LogP contribution in [0.1, 0.15) is 12.5 Å². The van der Waals surface area contributed by atoms with Crippen molar-refractivity contribution < 1.29 is 14.2 Å². The van der Waals surface area contributed by atoms with E-state index in [0.717, 1.165) is 5.57 Å². The third kappa shape index (κ3) is 2.57. The van der Waals surface area contributed by atoms with Crippen LogP contribution in [0.3, 0.4) is 0 Å². The zero-order valence-electron chi connectivity index (χ0n) is 8.09. The molecule has 1 N–H and O–H groups in total. The number of hydrogen-bond donors (Lipinski definition) is 1. The molecule has 0 aliphatic carbocycles. The molecule has 0 spiro atoms. The van der Waals surface area contributed by atoms with Crippen molar-refractivity contribution in [2.45, 2.75) is 13.5 Å². The van der Waals surface area contributed by atoms with Gasteiger partial charge in [-0.25, -0.2) is 4.39 Å². The van der Waals surface area contributed by atoms with E-state index < -0.39 is 5.82 Å². The number of para-hydroxylation sites is 1. The van der Waals surface area contributed by atoms with E-state index in [1.54, 1.807) is 13.0 Å². The number of rotatable bonds is 4. The normalized spacial score (nSPS) is 9.93. The summed E-state index contributed by atoms with van der Waals surface area (Å²) in [6.07, 6.45) is 0. The molecule has 2 nitrogen and oxygen atoms in total. The number of aliphatic hydroxyl groups is 1. The second-order valence-corrected chi connectivity index (χ2v) is 3.13. The van der Waals surface area contributed by atoms with Gasteiger partial charge in [0.15, 0.2) is 11.6 Å². The summed E-state index contributed by atoms with van der Waals surface area (Å²) in [5, 5.41) is 8.94. The highest BCUT2D eigenvalue weighted by molar-refractivity contribution is 5.34. The molecule has 0 saturated carbocycles. The molecule has 76 valence electrons. The lowest BCUT2D eigenvalue weighted by atomic mass is 10.2. The monoisotopic (exact) mass is 196 g/mol. The van der Waals surface area contributed by atoms with Crippen molar-refractivity contribution in [2.75, 3.05) is 6.61 Å². The number of hydrogen-bond acceptors (Lipinski definition) is 2. The molecule has 0 fully saturated rings. The van der Waals surface area contributed by atoms with Crippen molar-refractivity contribution in [3.8, 4) is 5.75 Å². The molecule has 0 aliphatic heterocycles. The largest absolute Gasteiger partial charge is 0.486 e. The average Bonchev–Trinajstić information content (AvgIpc) is 2.15. The first kappa shape index (κ1) is 10.7. The van der Waals surface area contributed by atoms with E-state index in [1.807, 2.05) is 0 Å². The summed E-state index contributed by atoms with van der Waals surface area (Å²) in [5.74, 6) is -0.351. The highest BCUT2D eigenvalue weighted by atomic mass is 19.1.